The lowest BCUT2D eigenvalue weighted by Crippen LogP contribution is -2.21. The number of rotatable bonds is 4. The van der Waals surface area contributed by atoms with Gasteiger partial charge in [-0.2, -0.15) is 31.6 Å². The largest absolute Gasteiger partial charge is 0.454 e. The minimum Gasteiger partial charge on any atom is -0.454 e. The number of nitrogens with zero attached hydrogens (tertiary/aromatic N) is 3. The fraction of sp³-hybridized carbons (Fsp3) is 0.100. The number of benzene rings is 2. The van der Waals surface area contributed by atoms with E-state index in [1.165, 1.54) is 0 Å². The number of urea groups is 1. The molecule has 7 nitrogen and oxygen atoms in total. The van der Waals surface area contributed by atoms with E-state index in [-0.39, 0.29) is 28.7 Å². The Kier molecular flexibility index (Phi) is 6.38. The van der Waals surface area contributed by atoms with E-state index in [1.54, 1.807) is 6.07 Å². The Morgan fingerprint density at radius 2 is 1.45 bits per heavy atom. The van der Waals surface area contributed by atoms with Crippen molar-refractivity contribution in [2.24, 2.45) is 0 Å². The molecule has 1 aromatic heterocycles. The van der Waals surface area contributed by atoms with E-state index in [4.69, 9.17) is 10.00 Å². The zero-order chi connectivity index (χ0) is 24.2. The molecule has 13 heteroatoms. The topological polar surface area (TPSA) is 99.9 Å². The van der Waals surface area contributed by atoms with Gasteiger partial charge in [0.05, 0.1) is 35.2 Å². The normalized spacial score (nSPS) is 11.4. The number of carbonyl (C=O) groups excluding carboxylic acids is 1. The molecule has 33 heavy (non-hydrogen) atoms. The first-order valence-corrected chi connectivity index (χ1v) is 8.81. The number of amides is 2. The molecule has 2 N–H and O–H groups in total. The molecule has 1 heterocycles. The number of nitriles is 1. The average Bonchev–Trinajstić information content (AvgIpc) is 2.74. The molecular weight excluding hydrogens is 456 g/mol. The van der Waals surface area contributed by atoms with Crippen molar-refractivity contribution in [3.63, 3.8) is 0 Å². The highest BCUT2D eigenvalue weighted by Crippen LogP contribution is 2.32. The Bertz CT molecular complexity index is 1190. The molecule has 0 unspecified atom stereocenters. The van der Waals surface area contributed by atoms with E-state index in [9.17, 15) is 31.1 Å². The van der Waals surface area contributed by atoms with Crippen LogP contribution in [0.2, 0.25) is 0 Å². The monoisotopic (exact) mass is 467 g/mol. The molecule has 0 atom stereocenters. The molecule has 0 spiro atoms. The van der Waals surface area contributed by atoms with Gasteiger partial charge in [-0.05, 0) is 42.5 Å². The Hall–Kier alpha value is -4.34. The summed E-state index contributed by atoms with van der Waals surface area (Å²) in [5, 5.41) is 13.2. The molecule has 0 saturated heterocycles. The number of hydrogen-bond acceptors (Lipinski definition) is 5. The highest BCUT2D eigenvalue weighted by Gasteiger charge is 2.31. The first kappa shape index (κ1) is 23.3. The van der Waals surface area contributed by atoms with Crippen molar-refractivity contribution in [1.29, 1.82) is 5.26 Å². The minimum absolute atomic E-state index is 0.0530. The van der Waals surface area contributed by atoms with Crippen LogP contribution in [-0.4, -0.2) is 16.0 Å². The van der Waals surface area contributed by atoms with Gasteiger partial charge in [-0.3, -0.25) is 5.32 Å². The van der Waals surface area contributed by atoms with Crippen molar-refractivity contribution in [1.82, 2.24) is 9.97 Å². The maximum absolute atomic E-state index is 12.9. The summed E-state index contributed by atoms with van der Waals surface area (Å²) in [4.78, 5) is 19.6. The third-order valence-corrected chi connectivity index (χ3v) is 3.92. The Labute approximate surface area is 181 Å². The van der Waals surface area contributed by atoms with Crippen LogP contribution in [0.1, 0.15) is 16.7 Å². The summed E-state index contributed by atoms with van der Waals surface area (Å²) < 4.78 is 81.8. The van der Waals surface area contributed by atoms with E-state index in [0.717, 1.165) is 42.7 Å². The van der Waals surface area contributed by atoms with Crippen molar-refractivity contribution < 1.29 is 35.9 Å². The number of aromatic nitrogens is 2. The molecule has 0 saturated carbocycles. The first-order valence-electron chi connectivity index (χ1n) is 8.81. The molecule has 0 bridgehead atoms. The van der Waals surface area contributed by atoms with Crippen LogP contribution in [0, 0.1) is 11.3 Å². The quantitative estimate of drug-likeness (QED) is 0.471. The summed E-state index contributed by atoms with van der Waals surface area (Å²) in [6.45, 7) is 0. The van der Waals surface area contributed by atoms with E-state index in [2.05, 4.69) is 20.6 Å². The molecule has 0 aliphatic heterocycles. The SMILES string of the molecule is N#Cc1cc(NC(=O)Nc2ncc(Oc3ccc(C(F)(F)F)cc3)cn2)cc(C(F)(F)F)c1. The molecule has 3 rings (SSSR count). The van der Waals surface area contributed by atoms with Crippen molar-refractivity contribution >= 4 is 17.7 Å². The van der Waals surface area contributed by atoms with Gasteiger partial charge in [0.25, 0.3) is 0 Å². The standard InChI is InChI=1S/C20H11F6N5O2/c21-19(22,23)12-1-3-15(4-2-12)33-16-9-28-17(29-10-16)31-18(32)30-14-6-11(8-27)5-13(7-14)20(24,25)26/h1-7,9-10H,(H2,28,29,30,31,32). The summed E-state index contributed by atoms with van der Waals surface area (Å²) in [6, 6.07) is 6.82. The third-order valence-electron chi connectivity index (χ3n) is 3.92. The van der Waals surface area contributed by atoms with Gasteiger partial charge in [-0.15, -0.1) is 0 Å². The van der Waals surface area contributed by atoms with Crippen LogP contribution in [-0.2, 0) is 12.4 Å². The second-order valence-electron chi connectivity index (χ2n) is 6.35. The lowest BCUT2D eigenvalue weighted by molar-refractivity contribution is -0.138. The highest BCUT2D eigenvalue weighted by atomic mass is 19.4. The summed E-state index contributed by atoms with van der Waals surface area (Å²) in [6.07, 6.45) is -6.96. The fourth-order valence-corrected chi connectivity index (χ4v) is 2.47. The number of alkyl halides is 6. The van der Waals surface area contributed by atoms with Gasteiger partial charge in [0.1, 0.15) is 5.75 Å². The lowest BCUT2D eigenvalue weighted by atomic mass is 10.1. The number of nitrogens with one attached hydrogen (secondary N) is 2. The van der Waals surface area contributed by atoms with Gasteiger partial charge in [-0.25, -0.2) is 14.8 Å². The summed E-state index contributed by atoms with van der Waals surface area (Å²) in [7, 11) is 0. The smallest absolute Gasteiger partial charge is 0.416 e. The lowest BCUT2D eigenvalue weighted by Gasteiger charge is -2.11. The number of halogens is 6. The maximum Gasteiger partial charge on any atom is 0.416 e. The van der Waals surface area contributed by atoms with Gasteiger partial charge >= 0.3 is 18.4 Å². The first-order chi connectivity index (χ1) is 15.4. The van der Waals surface area contributed by atoms with Crippen LogP contribution in [0.25, 0.3) is 0 Å². The number of hydrogen-bond donors (Lipinski definition) is 2. The molecule has 0 aliphatic rings. The van der Waals surface area contributed by atoms with Gasteiger partial charge in [0.2, 0.25) is 5.95 Å². The fourth-order valence-electron chi connectivity index (χ4n) is 2.47. The third kappa shape index (κ3) is 6.33. The van der Waals surface area contributed by atoms with Crippen LogP contribution in [0.5, 0.6) is 11.5 Å². The van der Waals surface area contributed by atoms with Gasteiger partial charge in [0, 0.05) is 5.69 Å². The number of carbonyl (C=O) groups is 1. The average molecular weight is 467 g/mol. The molecule has 2 amide bonds. The number of ether oxygens (including phenoxy) is 1. The van der Waals surface area contributed by atoms with Crippen molar-refractivity contribution in [2.75, 3.05) is 10.6 Å². The molecule has 2 aromatic carbocycles. The zero-order valence-corrected chi connectivity index (χ0v) is 16.1. The molecule has 0 aliphatic carbocycles. The van der Waals surface area contributed by atoms with Crippen molar-refractivity contribution in [2.45, 2.75) is 12.4 Å². The predicted octanol–water partition coefficient (Wildman–Crippen LogP) is 5.82. The molecule has 3 aromatic rings. The second-order valence-corrected chi connectivity index (χ2v) is 6.35. The molecule has 0 fully saturated rings. The van der Waals surface area contributed by atoms with Crippen LogP contribution in [0.4, 0.5) is 42.8 Å². The summed E-state index contributed by atoms with van der Waals surface area (Å²) in [5.41, 5.74) is -2.54. The van der Waals surface area contributed by atoms with Crippen LogP contribution < -0.4 is 15.4 Å². The predicted molar refractivity (Wildman–Crippen MR) is 102 cm³/mol. The van der Waals surface area contributed by atoms with Crippen molar-refractivity contribution in [3.8, 4) is 17.6 Å². The van der Waals surface area contributed by atoms with Crippen LogP contribution in [0.3, 0.4) is 0 Å². The van der Waals surface area contributed by atoms with E-state index in [0.29, 0.717) is 12.1 Å². The molecule has 0 radical (unpaired) electrons. The second kappa shape index (κ2) is 9.03. The van der Waals surface area contributed by atoms with E-state index < -0.39 is 29.5 Å². The minimum atomic E-state index is -4.72. The number of anilines is 2. The van der Waals surface area contributed by atoms with Gasteiger partial charge in [-0.1, -0.05) is 0 Å². The maximum atomic E-state index is 12.9. The molecular formula is C20H11F6N5O2. The highest BCUT2D eigenvalue weighted by molar-refractivity contribution is 5.98. The molecule has 170 valence electrons. The Morgan fingerprint density at radius 1 is 0.848 bits per heavy atom. The van der Waals surface area contributed by atoms with E-state index in [1.807, 2.05) is 0 Å². The van der Waals surface area contributed by atoms with E-state index >= 15 is 0 Å². The van der Waals surface area contributed by atoms with Crippen molar-refractivity contribution in [3.05, 3.63) is 71.5 Å². The Balaban J connectivity index is 1.63. The van der Waals surface area contributed by atoms with Gasteiger partial charge in [0.15, 0.2) is 5.75 Å². The van der Waals surface area contributed by atoms with Crippen LogP contribution >= 0.6 is 0 Å². The summed E-state index contributed by atoms with van der Waals surface area (Å²) >= 11 is 0. The summed E-state index contributed by atoms with van der Waals surface area (Å²) in [5.74, 6) is -0.0973. The zero-order valence-electron chi connectivity index (χ0n) is 16.1. The van der Waals surface area contributed by atoms with Crippen LogP contribution in [0.15, 0.2) is 54.9 Å². The van der Waals surface area contributed by atoms with Gasteiger partial charge < -0.3 is 10.1 Å². The Morgan fingerprint density at radius 3 is 2.00 bits per heavy atom.